The van der Waals surface area contributed by atoms with Gasteiger partial charge in [-0.25, -0.2) is 0 Å². The van der Waals surface area contributed by atoms with E-state index in [0.717, 1.165) is 6.07 Å². The van der Waals surface area contributed by atoms with Crippen molar-refractivity contribution >= 4 is 44.6 Å². The number of hydrogen-bond donors (Lipinski definition) is 2. The summed E-state index contributed by atoms with van der Waals surface area (Å²) >= 11 is 9.13. The van der Waals surface area contributed by atoms with Crippen molar-refractivity contribution in [1.29, 1.82) is 0 Å². The summed E-state index contributed by atoms with van der Waals surface area (Å²) in [6.07, 6.45) is -4.50. The van der Waals surface area contributed by atoms with Crippen LogP contribution in [0.15, 0.2) is 40.9 Å². The second kappa shape index (κ2) is 5.54. The van der Waals surface area contributed by atoms with Crippen molar-refractivity contribution in [3.8, 4) is 0 Å². The van der Waals surface area contributed by atoms with E-state index in [1.54, 1.807) is 18.2 Å². The van der Waals surface area contributed by atoms with Crippen LogP contribution in [0.5, 0.6) is 0 Å². The molecule has 7 heteroatoms. The average molecular weight is 366 g/mol. The van der Waals surface area contributed by atoms with Crippen LogP contribution in [0.25, 0.3) is 0 Å². The third kappa shape index (κ3) is 3.19. The van der Waals surface area contributed by atoms with Gasteiger partial charge in [0.05, 0.1) is 26.4 Å². The Morgan fingerprint density at radius 3 is 2.45 bits per heavy atom. The molecule has 20 heavy (non-hydrogen) atoms. The molecule has 2 aromatic carbocycles. The molecular weight excluding hydrogens is 357 g/mol. The van der Waals surface area contributed by atoms with Gasteiger partial charge in [0.15, 0.2) is 0 Å². The van der Waals surface area contributed by atoms with Gasteiger partial charge in [-0.1, -0.05) is 17.7 Å². The van der Waals surface area contributed by atoms with E-state index in [1.165, 1.54) is 12.1 Å². The lowest BCUT2D eigenvalue weighted by atomic mass is 10.1. The first-order valence-corrected chi connectivity index (χ1v) is 6.64. The Hall–Kier alpha value is -1.40. The van der Waals surface area contributed by atoms with Crippen molar-refractivity contribution in [1.82, 2.24) is 0 Å². The molecule has 0 saturated carbocycles. The molecule has 0 aliphatic heterocycles. The summed E-state index contributed by atoms with van der Waals surface area (Å²) in [5.74, 6) is 0. The van der Waals surface area contributed by atoms with Crippen molar-refractivity contribution in [3.63, 3.8) is 0 Å². The van der Waals surface area contributed by atoms with Gasteiger partial charge in [-0.05, 0) is 46.3 Å². The average Bonchev–Trinajstić information content (AvgIpc) is 2.36. The molecule has 0 radical (unpaired) electrons. The summed E-state index contributed by atoms with van der Waals surface area (Å²) in [6.45, 7) is 0. The quantitative estimate of drug-likeness (QED) is 0.695. The molecule has 0 spiro atoms. The second-order valence-electron chi connectivity index (χ2n) is 4.03. The number of hydrogen-bond acceptors (Lipinski definition) is 2. The SMILES string of the molecule is Nc1ccc(Nc2cccc(Cl)c2Br)c(C(F)(F)F)c1. The summed E-state index contributed by atoms with van der Waals surface area (Å²) in [5, 5.41) is 3.11. The number of nitrogen functional groups attached to an aromatic ring is 1. The topological polar surface area (TPSA) is 38.0 Å². The minimum absolute atomic E-state index is 0.0491. The molecule has 2 nitrogen and oxygen atoms in total. The van der Waals surface area contributed by atoms with Gasteiger partial charge < -0.3 is 11.1 Å². The molecule has 0 aliphatic rings. The van der Waals surface area contributed by atoms with Crippen molar-refractivity contribution < 1.29 is 13.2 Å². The molecule has 2 aromatic rings. The number of anilines is 3. The van der Waals surface area contributed by atoms with Gasteiger partial charge in [0.1, 0.15) is 0 Å². The van der Waals surface area contributed by atoms with Crippen LogP contribution in [0.3, 0.4) is 0 Å². The van der Waals surface area contributed by atoms with E-state index in [0.29, 0.717) is 15.2 Å². The highest BCUT2D eigenvalue weighted by atomic mass is 79.9. The third-order valence-electron chi connectivity index (χ3n) is 2.57. The Bertz CT molecular complexity index is 644. The second-order valence-corrected chi connectivity index (χ2v) is 5.23. The van der Waals surface area contributed by atoms with Crippen LogP contribution in [-0.2, 0) is 6.18 Å². The van der Waals surface area contributed by atoms with E-state index in [1.807, 2.05) is 0 Å². The number of benzene rings is 2. The van der Waals surface area contributed by atoms with Crippen molar-refractivity contribution in [2.24, 2.45) is 0 Å². The highest BCUT2D eigenvalue weighted by molar-refractivity contribution is 9.10. The molecular formula is C13H9BrClF3N2. The maximum atomic E-state index is 13.0. The Morgan fingerprint density at radius 2 is 1.80 bits per heavy atom. The summed E-state index contributed by atoms with van der Waals surface area (Å²) in [5.41, 5.74) is 4.98. The summed E-state index contributed by atoms with van der Waals surface area (Å²) in [7, 11) is 0. The number of nitrogens with one attached hydrogen (secondary N) is 1. The molecule has 3 N–H and O–H groups in total. The Kier molecular flexibility index (Phi) is 4.15. The molecule has 0 bridgehead atoms. The minimum Gasteiger partial charge on any atom is -0.399 e. The highest BCUT2D eigenvalue weighted by Gasteiger charge is 2.33. The molecule has 0 atom stereocenters. The molecule has 0 aliphatic carbocycles. The molecule has 0 unspecified atom stereocenters. The van der Waals surface area contributed by atoms with E-state index >= 15 is 0 Å². The van der Waals surface area contributed by atoms with Crippen LogP contribution in [-0.4, -0.2) is 0 Å². The molecule has 0 aromatic heterocycles. The molecule has 0 fully saturated rings. The Labute approximate surface area is 126 Å². The maximum Gasteiger partial charge on any atom is 0.418 e. The predicted octanol–water partition coefficient (Wildman–Crippen LogP) is 5.45. The van der Waals surface area contributed by atoms with Gasteiger partial charge in [0.25, 0.3) is 0 Å². The smallest absolute Gasteiger partial charge is 0.399 e. The van der Waals surface area contributed by atoms with Crippen LogP contribution in [0.2, 0.25) is 5.02 Å². The number of nitrogens with two attached hydrogens (primary N) is 1. The summed E-state index contributed by atoms with van der Waals surface area (Å²) in [6, 6.07) is 8.46. The van der Waals surface area contributed by atoms with E-state index in [4.69, 9.17) is 17.3 Å². The first-order valence-electron chi connectivity index (χ1n) is 5.47. The molecule has 2 rings (SSSR count). The van der Waals surface area contributed by atoms with Gasteiger partial charge in [-0.3, -0.25) is 0 Å². The largest absolute Gasteiger partial charge is 0.418 e. The van der Waals surface area contributed by atoms with Crippen molar-refractivity contribution in [3.05, 3.63) is 51.5 Å². The zero-order chi connectivity index (χ0) is 14.9. The number of rotatable bonds is 2. The van der Waals surface area contributed by atoms with Gasteiger partial charge in [0.2, 0.25) is 0 Å². The lowest BCUT2D eigenvalue weighted by molar-refractivity contribution is -0.136. The van der Waals surface area contributed by atoms with Crippen LogP contribution in [0.4, 0.5) is 30.2 Å². The van der Waals surface area contributed by atoms with E-state index in [9.17, 15) is 13.2 Å². The zero-order valence-electron chi connectivity index (χ0n) is 9.93. The number of alkyl halides is 3. The molecule has 0 amide bonds. The van der Waals surface area contributed by atoms with Crippen molar-refractivity contribution in [2.45, 2.75) is 6.18 Å². The monoisotopic (exact) mass is 364 g/mol. The van der Waals surface area contributed by atoms with Crippen molar-refractivity contribution in [2.75, 3.05) is 11.1 Å². The summed E-state index contributed by atoms with van der Waals surface area (Å²) < 4.78 is 39.4. The third-order valence-corrected chi connectivity index (χ3v) is 3.97. The van der Waals surface area contributed by atoms with Gasteiger partial charge in [-0.2, -0.15) is 13.2 Å². The number of halogens is 5. The van der Waals surface area contributed by atoms with E-state index < -0.39 is 11.7 Å². The maximum absolute atomic E-state index is 13.0. The minimum atomic E-state index is -4.50. The van der Waals surface area contributed by atoms with Crippen LogP contribution >= 0.6 is 27.5 Å². The first-order chi connectivity index (χ1) is 9.29. The Morgan fingerprint density at radius 1 is 1.10 bits per heavy atom. The normalized spacial score (nSPS) is 11.4. The summed E-state index contributed by atoms with van der Waals surface area (Å²) in [4.78, 5) is 0. The lowest BCUT2D eigenvalue weighted by Gasteiger charge is -2.16. The van der Waals surface area contributed by atoms with E-state index in [-0.39, 0.29) is 11.4 Å². The van der Waals surface area contributed by atoms with E-state index in [2.05, 4.69) is 21.2 Å². The molecule has 0 heterocycles. The molecule has 0 saturated heterocycles. The Balaban J connectivity index is 2.46. The van der Waals surface area contributed by atoms with Crippen LogP contribution < -0.4 is 11.1 Å². The van der Waals surface area contributed by atoms with Crippen LogP contribution in [0.1, 0.15) is 5.56 Å². The fourth-order valence-corrected chi connectivity index (χ4v) is 2.19. The van der Waals surface area contributed by atoms with Gasteiger partial charge in [-0.15, -0.1) is 0 Å². The standard InChI is InChI=1S/C13H9BrClF3N2/c14-12-9(15)2-1-3-11(12)20-10-5-4-7(19)6-8(10)13(16,17)18/h1-6,20H,19H2. The molecule has 106 valence electrons. The highest BCUT2D eigenvalue weighted by Crippen LogP contribution is 2.39. The van der Waals surface area contributed by atoms with Gasteiger partial charge in [0, 0.05) is 5.69 Å². The van der Waals surface area contributed by atoms with Crippen LogP contribution in [0, 0.1) is 0 Å². The fraction of sp³-hybridized carbons (Fsp3) is 0.0769. The fourth-order valence-electron chi connectivity index (χ4n) is 1.65. The predicted molar refractivity (Wildman–Crippen MR) is 78.3 cm³/mol. The first kappa shape index (κ1) is 15.0. The zero-order valence-corrected chi connectivity index (χ0v) is 12.3. The lowest BCUT2D eigenvalue weighted by Crippen LogP contribution is -2.09. The van der Waals surface area contributed by atoms with Gasteiger partial charge >= 0.3 is 6.18 Å².